The molecule has 0 unspecified atom stereocenters. The van der Waals surface area contributed by atoms with E-state index in [0.29, 0.717) is 30.2 Å². The topological polar surface area (TPSA) is 140 Å². The van der Waals surface area contributed by atoms with Crippen LogP contribution in [0.3, 0.4) is 0 Å². The second-order valence-corrected chi connectivity index (χ2v) is 10.1. The van der Waals surface area contributed by atoms with Crippen LogP contribution in [0.1, 0.15) is 25.6 Å². The second kappa shape index (κ2) is 9.32. The van der Waals surface area contributed by atoms with Gasteiger partial charge in [0.25, 0.3) is 5.91 Å². The number of hydrogen-bond acceptors (Lipinski definition) is 8. The van der Waals surface area contributed by atoms with Crippen LogP contribution in [-0.4, -0.2) is 65.1 Å². The molecule has 11 nitrogen and oxygen atoms in total. The lowest BCUT2D eigenvalue weighted by Gasteiger charge is -2.33. The zero-order valence-corrected chi connectivity index (χ0v) is 18.9. The lowest BCUT2D eigenvalue weighted by atomic mass is 10.1. The monoisotopic (exact) mass is 475 g/mol. The summed E-state index contributed by atoms with van der Waals surface area (Å²) < 4.78 is 38.6. The normalized spacial score (nSPS) is 22.0. The summed E-state index contributed by atoms with van der Waals surface area (Å²) in [5.41, 5.74) is -1.47. The molecule has 12 heteroatoms. The zero-order valence-electron chi connectivity index (χ0n) is 18.1. The van der Waals surface area contributed by atoms with Crippen molar-refractivity contribution in [2.24, 2.45) is 0 Å². The first-order chi connectivity index (χ1) is 15.7. The third kappa shape index (κ3) is 5.57. The van der Waals surface area contributed by atoms with Crippen molar-refractivity contribution in [2.45, 2.75) is 38.0 Å². The average Bonchev–Trinajstić information content (AvgIpc) is 3.04. The molecule has 0 saturated carbocycles. The van der Waals surface area contributed by atoms with Crippen molar-refractivity contribution in [3.8, 4) is 11.5 Å². The SMILES string of the molecule is C[C@]1(CS(=O)(=O)N2CCC(Oc3ccc(OCc4ncccn4)cc3)CC2)NC(=O)NC1=O. The van der Waals surface area contributed by atoms with Gasteiger partial charge in [0.1, 0.15) is 29.7 Å². The van der Waals surface area contributed by atoms with Crippen molar-refractivity contribution in [2.75, 3.05) is 18.8 Å². The van der Waals surface area contributed by atoms with Gasteiger partial charge in [0.15, 0.2) is 5.82 Å². The van der Waals surface area contributed by atoms with Crippen molar-refractivity contribution in [3.63, 3.8) is 0 Å². The predicted molar refractivity (Wildman–Crippen MR) is 117 cm³/mol. The predicted octanol–water partition coefficient (Wildman–Crippen LogP) is 0.827. The maximum Gasteiger partial charge on any atom is 0.322 e. The van der Waals surface area contributed by atoms with Gasteiger partial charge in [-0.05, 0) is 50.1 Å². The van der Waals surface area contributed by atoms with E-state index in [9.17, 15) is 18.0 Å². The fourth-order valence-electron chi connectivity index (χ4n) is 3.72. The number of nitrogens with one attached hydrogen (secondary N) is 2. The summed E-state index contributed by atoms with van der Waals surface area (Å²) in [5.74, 6) is 0.783. The van der Waals surface area contributed by atoms with Crippen molar-refractivity contribution >= 4 is 22.0 Å². The number of urea groups is 1. The number of hydrogen-bond donors (Lipinski definition) is 2. The number of rotatable bonds is 8. The standard InChI is InChI=1S/C21H25N5O6S/c1-21(19(27)24-20(28)25-21)14-33(29,30)26-11-7-17(8-12-26)32-16-5-3-15(4-6-16)31-13-18-22-9-2-10-23-18/h2-6,9-10,17H,7-8,11-14H2,1H3,(H2,24,25,27,28)/t21-/m1/s1. The van der Waals surface area contributed by atoms with Gasteiger partial charge in [0.2, 0.25) is 10.0 Å². The van der Waals surface area contributed by atoms with Gasteiger partial charge in [0.05, 0.1) is 5.75 Å². The molecule has 2 aliphatic heterocycles. The number of sulfonamides is 1. The van der Waals surface area contributed by atoms with E-state index in [1.54, 1.807) is 42.7 Å². The fraction of sp³-hybridized carbons (Fsp3) is 0.429. The van der Waals surface area contributed by atoms with Gasteiger partial charge < -0.3 is 14.8 Å². The van der Waals surface area contributed by atoms with E-state index in [4.69, 9.17) is 9.47 Å². The van der Waals surface area contributed by atoms with E-state index in [1.807, 2.05) is 0 Å². The van der Waals surface area contributed by atoms with E-state index < -0.39 is 33.3 Å². The molecule has 4 rings (SSSR count). The number of ether oxygens (including phenoxy) is 2. The molecular formula is C21H25N5O6S. The van der Waals surface area contributed by atoms with Crippen molar-refractivity contribution in [1.82, 2.24) is 24.9 Å². The second-order valence-electron chi connectivity index (χ2n) is 8.14. The van der Waals surface area contributed by atoms with E-state index in [0.717, 1.165) is 0 Å². The first kappa shape index (κ1) is 22.9. The Morgan fingerprint density at radius 1 is 1.09 bits per heavy atom. The van der Waals surface area contributed by atoms with Crippen molar-refractivity contribution < 1.29 is 27.5 Å². The van der Waals surface area contributed by atoms with Gasteiger partial charge in [0, 0.05) is 25.5 Å². The summed E-state index contributed by atoms with van der Waals surface area (Å²) in [6.45, 7) is 2.22. The van der Waals surface area contributed by atoms with Crippen LogP contribution in [0.25, 0.3) is 0 Å². The molecule has 1 atom stereocenters. The Hall–Kier alpha value is -3.25. The molecule has 176 valence electrons. The Balaban J connectivity index is 1.26. The number of benzene rings is 1. The third-order valence-corrected chi connectivity index (χ3v) is 7.59. The molecule has 1 aromatic carbocycles. The highest BCUT2D eigenvalue weighted by Crippen LogP contribution is 2.24. The highest BCUT2D eigenvalue weighted by molar-refractivity contribution is 7.89. The molecule has 2 saturated heterocycles. The molecule has 3 amide bonds. The summed E-state index contributed by atoms with van der Waals surface area (Å²) in [5, 5.41) is 4.47. The largest absolute Gasteiger partial charge is 0.490 e. The highest BCUT2D eigenvalue weighted by Gasteiger charge is 2.46. The van der Waals surface area contributed by atoms with Crippen molar-refractivity contribution in [1.29, 1.82) is 0 Å². The lowest BCUT2D eigenvalue weighted by molar-refractivity contribution is -0.122. The molecule has 1 aromatic heterocycles. The molecule has 0 bridgehead atoms. The van der Waals surface area contributed by atoms with Gasteiger partial charge in [-0.1, -0.05) is 0 Å². The van der Waals surface area contributed by atoms with Crippen LogP contribution >= 0.6 is 0 Å². The Bertz CT molecular complexity index is 1100. The van der Waals surface area contributed by atoms with Crippen LogP contribution in [0.5, 0.6) is 11.5 Å². The summed E-state index contributed by atoms with van der Waals surface area (Å²) in [6.07, 6.45) is 4.20. The van der Waals surface area contributed by atoms with Crippen molar-refractivity contribution in [3.05, 3.63) is 48.5 Å². The lowest BCUT2D eigenvalue weighted by Crippen LogP contribution is -2.53. The van der Waals surface area contributed by atoms with E-state index in [1.165, 1.54) is 11.2 Å². The summed E-state index contributed by atoms with van der Waals surface area (Å²) in [4.78, 5) is 31.5. The van der Waals surface area contributed by atoms with E-state index >= 15 is 0 Å². The molecule has 33 heavy (non-hydrogen) atoms. The maximum absolute atomic E-state index is 12.8. The molecule has 2 aliphatic rings. The van der Waals surface area contributed by atoms with Gasteiger partial charge >= 0.3 is 6.03 Å². The first-order valence-corrected chi connectivity index (χ1v) is 12.1. The van der Waals surface area contributed by atoms with Crippen LogP contribution in [0, 0.1) is 0 Å². The number of amides is 3. The van der Waals surface area contributed by atoms with Gasteiger partial charge in [-0.15, -0.1) is 0 Å². The minimum atomic E-state index is -3.74. The molecule has 0 aliphatic carbocycles. The molecule has 0 spiro atoms. The van der Waals surface area contributed by atoms with Gasteiger partial charge in [-0.2, -0.15) is 0 Å². The minimum Gasteiger partial charge on any atom is -0.490 e. The molecular weight excluding hydrogens is 450 g/mol. The molecule has 3 heterocycles. The number of nitrogens with zero attached hydrogens (tertiary/aromatic N) is 3. The molecule has 2 N–H and O–H groups in total. The highest BCUT2D eigenvalue weighted by atomic mass is 32.2. The first-order valence-electron chi connectivity index (χ1n) is 10.5. The number of carbonyl (C=O) groups is 2. The maximum atomic E-state index is 12.8. The summed E-state index contributed by atoms with van der Waals surface area (Å²) >= 11 is 0. The fourth-order valence-corrected chi connectivity index (χ4v) is 5.61. The quantitative estimate of drug-likeness (QED) is 0.535. The van der Waals surface area contributed by atoms with E-state index in [-0.39, 0.29) is 25.8 Å². The number of piperidine rings is 1. The van der Waals surface area contributed by atoms with Gasteiger partial charge in [-0.25, -0.2) is 27.5 Å². The van der Waals surface area contributed by atoms with Crippen LogP contribution in [0.4, 0.5) is 4.79 Å². The average molecular weight is 476 g/mol. The Morgan fingerprint density at radius 2 is 1.73 bits per heavy atom. The van der Waals surface area contributed by atoms with Crippen LogP contribution in [-0.2, 0) is 21.4 Å². The molecule has 2 fully saturated rings. The number of imide groups is 1. The Kier molecular flexibility index (Phi) is 6.47. The summed E-state index contributed by atoms with van der Waals surface area (Å²) in [7, 11) is -3.74. The minimum absolute atomic E-state index is 0.133. The smallest absolute Gasteiger partial charge is 0.322 e. The number of aromatic nitrogens is 2. The van der Waals surface area contributed by atoms with Crippen LogP contribution < -0.4 is 20.1 Å². The van der Waals surface area contributed by atoms with E-state index in [2.05, 4.69) is 20.6 Å². The third-order valence-electron chi connectivity index (χ3n) is 5.50. The number of carbonyl (C=O) groups excluding carboxylic acids is 2. The Morgan fingerprint density at radius 3 is 2.33 bits per heavy atom. The zero-order chi connectivity index (χ0) is 23.5. The van der Waals surface area contributed by atoms with Crippen LogP contribution in [0.2, 0.25) is 0 Å². The Labute approximate surface area is 191 Å². The summed E-state index contributed by atoms with van der Waals surface area (Å²) in [6, 6.07) is 8.23. The molecule has 2 aromatic rings. The molecule has 0 radical (unpaired) electrons. The van der Waals surface area contributed by atoms with Crippen LogP contribution in [0.15, 0.2) is 42.7 Å². The van der Waals surface area contributed by atoms with Gasteiger partial charge in [-0.3, -0.25) is 10.1 Å².